The molecule has 1 atom stereocenters. The number of carbonyl (C=O) groups is 1. The topological polar surface area (TPSA) is 84.9 Å². The lowest BCUT2D eigenvalue weighted by Gasteiger charge is -2.21. The summed E-state index contributed by atoms with van der Waals surface area (Å²) in [5, 5.41) is 2.75. The number of nitrogens with zero attached hydrogens (tertiary/aromatic N) is 1. The molecule has 7 nitrogen and oxygen atoms in total. The number of ether oxygens (including phenoxy) is 2. The quantitative estimate of drug-likeness (QED) is 0.747. The Morgan fingerprint density at radius 2 is 2.20 bits per heavy atom. The molecular weight excluding hydrogens is 344 g/mol. The van der Waals surface area contributed by atoms with Crippen molar-refractivity contribution in [1.82, 2.24) is 9.62 Å². The van der Waals surface area contributed by atoms with Gasteiger partial charge in [0.15, 0.2) is 0 Å². The molecule has 0 bridgehead atoms. The molecule has 140 valence electrons. The summed E-state index contributed by atoms with van der Waals surface area (Å²) in [7, 11) is -0.514. The molecule has 1 N–H and O–H groups in total. The van der Waals surface area contributed by atoms with Gasteiger partial charge in [-0.2, -0.15) is 0 Å². The number of nitrogens with one attached hydrogen (secondary N) is 1. The third-order valence-corrected chi connectivity index (χ3v) is 6.12. The first-order chi connectivity index (χ1) is 11.9. The molecule has 1 aromatic carbocycles. The van der Waals surface area contributed by atoms with Gasteiger partial charge in [0.2, 0.25) is 15.9 Å². The van der Waals surface area contributed by atoms with Crippen LogP contribution in [0.25, 0.3) is 0 Å². The molecule has 0 radical (unpaired) electrons. The molecule has 1 aliphatic rings. The fraction of sp³-hybridized carbons (Fsp3) is 0.588. The number of hydrogen-bond acceptors (Lipinski definition) is 5. The van der Waals surface area contributed by atoms with Crippen LogP contribution in [-0.2, 0) is 26.1 Å². The first-order valence-electron chi connectivity index (χ1n) is 8.36. The molecule has 1 aliphatic heterocycles. The number of rotatable bonds is 8. The molecule has 1 unspecified atom stereocenters. The second-order valence-corrected chi connectivity index (χ2v) is 8.16. The minimum absolute atomic E-state index is 0.103. The van der Waals surface area contributed by atoms with Crippen molar-refractivity contribution in [2.24, 2.45) is 5.92 Å². The van der Waals surface area contributed by atoms with Gasteiger partial charge in [0.25, 0.3) is 0 Å². The average molecular weight is 370 g/mol. The third-order valence-electron chi connectivity index (χ3n) is 4.30. The summed E-state index contributed by atoms with van der Waals surface area (Å²) in [5.41, 5.74) is 0.628. The summed E-state index contributed by atoms with van der Waals surface area (Å²) in [6.07, 6.45) is 1.24. The Morgan fingerprint density at radius 3 is 2.80 bits per heavy atom. The normalized spacial score (nSPS) is 17.7. The van der Waals surface area contributed by atoms with Crippen molar-refractivity contribution in [2.45, 2.75) is 31.2 Å². The van der Waals surface area contributed by atoms with Crippen LogP contribution in [0.1, 0.15) is 25.3 Å². The van der Waals surface area contributed by atoms with E-state index in [9.17, 15) is 13.2 Å². The van der Waals surface area contributed by atoms with E-state index in [1.54, 1.807) is 26.1 Å². The number of hydrogen-bond donors (Lipinski definition) is 1. The third kappa shape index (κ3) is 4.93. The second-order valence-electron chi connectivity index (χ2n) is 6.12. The molecule has 0 saturated carbocycles. The maximum atomic E-state index is 12.8. The van der Waals surface area contributed by atoms with E-state index >= 15 is 0 Å². The van der Waals surface area contributed by atoms with Crippen LogP contribution in [0.5, 0.6) is 5.75 Å². The van der Waals surface area contributed by atoms with Crippen LogP contribution in [0.4, 0.5) is 0 Å². The lowest BCUT2D eigenvalue weighted by atomic mass is 10.1. The lowest BCUT2D eigenvalue weighted by Crippen LogP contribution is -2.32. The van der Waals surface area contributed by atoms with E-state index in [0.717, 1.165) is 6.42 Å². The summed E-state index contributed by atoms with van der Waals surface area (Å²) in [6, 6.07) is 4.71. The summed E-state index contributed by atoms with van der Waals surface area (Å²) in [5.74, 6) is 0.664. The van der Waals surface area contributed by atoms with E-state index < -0.39 is 10.0 Å². The van der Waals surface area contributed by atoms with Gasteiger partial charge in [0.1, 0.15) is 5.75 Å². The number of benzene rings is 1. The molecule has 1 amide bonds. The summed E-state index contributed by atoms with van der Waals surface area (Å²) < 4.78 is 37.6. The summed E-state index contributed by atoms with van der Waals surface area (Å²) in [4.78, 5) is 11.7. The predicted octanol–water partition coefficient (Wildman–Crippen LogP) is 1.38. The Bertz CT molecular complexity index is 699. The molecular formula is C17H26N2O5S. The SMILES string of the molecule is CCC(=O)NCc1cc(S(=O)(=O)N(C)CC2CCOC2)ccc1OC. The van der Waals surface area contributed by atoms with Crippen LogP contribution in [0.3, 0.4) is 0 Å². The van der Waals surface area contributed by atoms with Crippen LogP contribution < -0.4 is 10.1 Å². The molecule has 1 aromatic rings. The Labute approximate surface area is 149 Å². The molecule has 1 fully saturated rings. The van der Waals surface area contributed by atoms with Gasteiger partial charge in [-0.05, 0) is 30.5 Å². The van der Waals surface area contributed by atoms with Gasteiger partial charge < -0.3 is 14.8 Å². The van der Waals surface area contributed by atoms with E-state index in [2.05, 4.69) is 5.32 Å². The zero-order valence-corrected chi connectivity index (χ0v) is 15.8. The maximum absolute atomic E-state index is 12.8. The summed E-state index contributed by atoms with van der Waals surface area (Å²) >= 11 is 0. The van der Waals surface area contributed by atoms with Gasteiger partial charge in [-0.25, -0.2) is 12.7 Å². The van der Waals surface area contributed by atoms with Crippen molar-refractivity contribution in [1.29, 1.82) is 0 Å². The highest BCUT2D eigenvalue weighted by Gasteiger charge is 2.26. The Hall–Kier alpha value is -1.64. The standard InChI is InChI=1S/C17H26N2O5S/c1-4-17(20)18-10-14-9-15(5-6-16(14)23-3)25(21,22)19(2)11-13-7-8-24-12-13/h5-6,9,13H,4,7-8,10-12H2,1-3H3,(H,18,20). The minimum atomic E-state index is -3.61. The van der Waals surface area contributed by atoms with Gasteiger partial charge >= 0.3 is 0 Å². The van der Waals surface area contributed by atoms with Crippen LogP contribution in [0, 0.1) is 5.92 Å². The van der Waals surface area contributed by atoms with E-state index in [1.165, 1.54) is 17.5 Å². The van der Waals surface area contributed by atoms with E-state index in [0.29, 0.717) is 37.5 Å². The highest BCUT2D eigenvalue weighted by Crippen LogP contribution is 2.25. The first-order valence-corrected chi connectivity index (χ1v) is 9.80. The van der Waals surface area contributed by atoms with Crippen molar-refractivity contribution in [3.05, 3.63) is 23.8 Å². The Morgan fingerprint density at radius 1 is 1.44 bits per heavy atom. The van der Waals surface area contributed by atoms with Gasteiger partial charge in [0, 0.05) is 38.7 Å². The van der Waals surface area contributed by atoms with E-state index in [1.807, 2.05) is 0 Å². The Kier molecular flexibility index (Phi) is 6.80. The van der Waals surface area contributed by atoms with Crippen molar-refractivity contribution in [2.75, 3.05) is 33.9 Å². The van der Waals surface area contributed by atoms with Crippen LogP contribution in [0.15, 0.2) is 23.1 Å². The smallest absolute Gasteiger partial charge is 0.242 e. The zero-order valence-electron chi connectivity index (χ0n) is 14.9. The van der Waals surface area contributed by atoms with Crippen LogP contribution in [0.2, 0.25) is 0 Å². The molecule has 25 heavy (non-hydrogen) atoms. The number of sulfonamides is 1. The van der Waals surface area contributed by atoms with Gasteiger partial charge in [-0.3, -0.25) is 4.79 Å². The fourth-order valence-corrected chi connectivity index (χ4v) is 4.04. The largest absolute Gasteiger partial charge is 0.496 e. The van der Waals surface area contributed by atoms with E-state index in [4.69, 9.17) is 9.47 Å². The van der Waals surface area contributed by atoms with Gasteiger partial charge in [-0.1, -0.05) is 6.92 Å². The van der Waals surface area contributed by atoms with Crippen molar-refractivity contribution >= 4 is 15.9 Å². The molecule has 0 aliphatic carbocycles. The molecule has 1 heterocycles. The highest BCUT2D eigenvalue weighted by atomic mass is 32.2. The first kappa shape index (κ1) is 19.7. The molecule has 0 aromatic heterocycles. The van der Waals surface area contributed by atoms with Crippen molar-refractivity contribution in [3.8, 4) is 5.75 Å². The minimum Gasteiger partial charge on any atom is -0.496 e. The van der Waals surface area contributed by atoms with Crippen molar-refractivity contribution in [3.63, 3.8) is 0 Å². The summed E-state index contributed by atoms with van der Waals surface area (Å²) in [6.45, 7) is 3.68. The number of methoxy groups -OCH3 is 1. The average Bonchev–Trinajstić information content (AvgIpc) is 3.12. The Balaban J connectivity index is 2.19. The van der Waals surface area contributed by atoms with Crippen LogP contribution in [-0.4, -0.2) is 52.5 Å². The highest BCUT2D eigenvalue weighted by molar-refractivity contribution is 7.89. The number of carbonyl (C=O) groups excluding carboxylic acids is 1. The predicted molar refractivity (Wildman–Crippen MR) is 93.9 cm³/mol. The maximum Gasteiger partial charge on any atom is 0.242 e. The van der Waals surface area contributed by atoms with E-state index in [-0.39, 0.29) is 23.3 Å². The second kappa shape index (κ2) is 8.64. The lowest BCUT2D eigenvalue weighted by molar-refractivity contribution is -0.120. The fourth-order valence-electron chi connectivity index (χ4n) is 2.74. The molecule has 1 saturated heterocycles. The van der Waals surface area contributed by atoms with Gasteiger partial charge in [-0.15, -0.1) is 0 Å². The van der Waals surface area contributed by atoms with Gasteiger partial charge in [0.05, 0.1) is 18.6 Å². The molecule has 0 spiro atoms. The monoisotopic (exact) mass is 370 g/mol. The van der Waals surface area contributed by atoms with Crippen molar-refractivity contribution < 1.29 is 22.7 Å². The number of amides is 1. The molecule has 8 heteroatoms. The molecule has 2 rings (SSSR count). The zero-order chi connectivity index (χ0) is 18.4. The van der Waals surface area contributed by atoms with Crippen LogP contribution >= 0.6 is 0 Å².